The van der Waals surface area contributed by atoms with Crippen LogP contribution in [0.2, 0.25) is 0 Å². The number of rotatable bonds is 5. The zero-order valence-corrected chi connectivity index (χ0v) is 16.2. The quantitative estimate of drug-likeness (QED) is 0.878. The Labute approximate surface area is 160 Å². The van der Waals surface area contributed by atoms with E-state index in [0.29, 0.717) is 39.0 Å². The second-order valence-corrected chi connectivity index (χ2v) is 7.11. The van der Waals surface area contributed by atoms with Gasteiger partial charge in [0.05, 0.1) is 20.0 Å². The van der Waals surface area contributed by atoms with Gasteiger partial charge < -0.3 is 19.5 Å². The number of nitrogens with zero attached hydrogens (tertiary/aromatic N) is 2. The highest BCUT2D eigenvalue weighted by Crippen LogP contribution is 2.26. The van der Waals surface area contributed by atoms with Crippen LogP contribution in [0.25, 0.3) is 0 Å². The van der Waals surface area contributed by atoms with Crippen LogP contribution in [0.1, 0.15) is 22.3 Å². The minimum absolute atomic E-state index is 0.0797. The van der Waals surface area contributed by atoms with Gasteiger partial charge in [0.1, 0.15) is 5.75 Å². The maximum absolute atomic E-state index is 12.8. The average molecular weight is 369 g/mol. The summed E-state index contributed by atoms with van der Waals surface area (Å²) < 4.78 is 5.49. The number of piperazine rings is 1. The number of aryl methyl sites for hydroxylation is 2. The van der Waals surface area contributed by atoms with Crippen LogP contribution < -0.4 is 4.74 Å². The van der Waals surface area contributed by atoms with E-state index in [2.05, 4.69) is 11.1 Å². The average Bonchev–Trinajstić information content (AvgIpc) is 3.14. The number of carbonyl (C=O) groups excluding carboxylic acids is 2. The second-order valence-electron chi connectivity index (χ2n) is 7.11. The zero-order chi connectivity index (χ0) is 19.4. The van der Waals surface area contributed by atoms with Crippen molar-refractivity contribution in [1.82, 2.24) is 14.8 Å². The molecular weight excluding hydrogens is 342 g/mol. The molecule has 0 atom stereocenters. The fraction of sp³-hybridized carbons (Fsp3) is 0.429. The molecule has 0 saturated carbocycles. The fourth-order valence-corrected chi connectivity index (χ4v) is 3.70. The Hall–Kier alpha value is -2.76. The number of benzene rings is 1. The van der Waals surface area contributed by atoms with Gasteiger partial charge in [-0.2, -0.15) is 0 Å². The van der Waals surface area contributed by atoms with Gasteiger partial charge in [0.25, 0.3) is 0 Å². The van der Waals surface area contributed by atoms with Gasteiger partial charge in [-0.1, -0.05) is 17.7 Å². The molecule has 1 saturated heterocycles. The molecule has 2 heterocycles. The number of hydrogen-bond donors (Lipinski definition) is 1. The summed E-state index contributed by atoms with van der Waals surface area (Å²) in [5.41, 5.74) is 4.07. The molecule has 2 aromatic rings. The van der Waals surface area contributed by atoms with Crippen LogP contribution in [0.3, 0.4) is 0 Å². The van der Waals surface area contributed by atoms with Crippen molar-refractivity contribution in [3.05, 3.63) is 52.8 Å². The molecule has 0 spiro atoms. The van der Waals surface area contributed by atoms with Crippen LogP contribution in [0.15, 0.2) is 30.6 Å². The van der Waals surface area contributed by atoms with E-state index in [0.717, 1.165) is 28.0 Å². The van der Waals surface area contributed by atoms with Crippen molar-refractivity contribution >= 4 is 11.8 Å². The smallest absolute Gasteiger partial charge is 0.227 e. The first-order valence-electron chi connectivity index (χ1n) is 9.29. The number of H-pyrrole nitrogens is 1. The first kappa shape index (κ1) is 19.0. The van der Waals surface area contributed by atoms with Gasteiger partial charge in [0.2, 0.25) is 11.8 Å². The SMILES string of the molecule is COc1c(C)cc(C)cc1CC(=O)N1CCN(C(=O)Cc2cc[nH]c2)CC1. The summed E-state index contributed by atoms with van der Waals surface area (Å²) in [5.74, 6) is 0.975. The third-order valence-corrected chi connectivity index (χ3v) is 5.04. The summed E-state index contributed by atoms with van der Waals surface area (Å²) in [7, 11) is 1.64. The molecule has 6 nitrogen and oxygen atoms in total. The minimum Gasteiger partial charge on any atom is -0.496 e. The number of carbonyl (C=O) groups is 2. The fourth-order valence-electron chi connectivity index (χ4n) is 3.70. The van der Waals surface area contributed by atoms with Gasteiger partial charge in [-0.25, -0.2) is 0 Å². The molecule has 0 aliphatic carbocycles. The van der Waals surface area contributed by atoms with E-state index < -0.39 is 0 Å². The molecule has 2 amide bonds. The van der Waals surface area contributed by atoms with E-state index in [-0.39, 0.29) is 11.8 Å². The standard InChI is InChI=1S/C21H27N3O3/c1-15-10-16(2)21(27-3)18(11-15)13-20(26)24-8-6-23(7-9-24)19(25)12-17-4-5-22-14-17/h4-5,10-11,14,22H,6-9,12-13H2,1-3H3. The van der Waals surface area contributed by atoms with E-state index >= 15 is 0 Å². The molecule has 27 heavy (non-hydrogen) atoms. The summed E-state index contributed by atoms with van der Waals surface area (Å²) in [6.45, 7) is 6.33. The van der Waals surface area contributed by atoms with E-state index in [9.17, 15) is 9.59 Å². The van der Waals surface area contributed by atoms with Crippen LogP contribution in [0, 0.1) is 13.8 Å². The van der Waals surface area contributed by atoms with Gasteiger partial charge in [-0.15, -0.1) is 0 Å². The molecule has 1 N–H and O–H groups in total. The van der Waals surface area contributed by atoms with Gasteiger partial charge in [0.15, 0.2) is 0 Å². The number of aromatic nitrogens is 1. The molecule has 1 aliphatic heterocycles. The topological polar surface area (TPSA) is 65.6 Å². The van der Waals surface area contributed by atoms with Crippen LogP contribution in [-0.4, -0.2) is 59.9 Å². The number of ether oxygens (including phenoxy) is 1. The lowest BCUT2D eigenvalue weighted by atomic mass is 10.0. The lowest BCUT2D eigenvalue weighted by molar-refractivity contribution is -0.138. The Balaban J connectivity index is 1.57. The van der Waals surface area contributed by atoms with Gasteiger partial charge >= 0.3 is 0 Å². The third kappa shape index (κ3) is 4.51. The summed E-state index contributed by atoms with van der Waals surface area (Å²) in [5, 5.41) is 0. The van der Waals surface area contributed by atoms with Crippen LogP contribution in [0.5, 0.6) is 5.75 Å². The Morgan fingerprint density at radius 3 is 2.22 bits per heavy atom. The zero-order valence-electron chi connectivity index (χ0n) is 16.2. The molecular formula is C21H27N3O3. The number of methoxy groups -OCH3 is 1. The second kappa shape index (κ2) is 8.29. The highest BCUT2D eigenvalue weighted by Gasteiger charge is 2.25. The normalized spacial score (nSPS) is 14.3. The van der Waals surface area contributed by atoms with E-state index in [1.54, 1.807) is 7.11 Å². The Morgan fingerprint density at radius 1 is 1.04 bits per heavy atom. The number of hydrogen-bond acceptors (Lipinski definition) is 3. The van der Waals surface area contributed by atoms with Crippen molar-refractivity contribution in [2.45, 2.75) is 26.7 Å². The van der Waals surface area contributed by atoms with Crippen molar-refractivity contribution in [2.75, 3.05) is 33.3 Å². The van der Waals surface area contributed by atoms with Gasteiger partial charge in [-0.3, -0.25) is 9.59 Å². The van der Waals surface area contributed by atoms with Crippen LogP contribution >= 0.6 is 0 Å². The third-order valence-electron chi connectivity index (χ3n) is 5.04. The van der Waals surface area contributed by atoms with Crippen molar-refractivity contribution in [1.29, 1.82) is 0 Å². The number of aromatic amines is 1. The maximum Gasteiger partial charge on any atom is 0.227 e. The van der Waals surface area contributed by atoms with Crippen LogP contribution in [-0.2, 0) is 22.4 Å². The largest absolute Gasteiger partial charge is 0.496 e. The predicted molar refractivity (Wildman–Crippen MR) is 104 cm³/mol. The van der Waals surface area contributed by atoms with Gasteiger partial charge in [-0.05, 0) is 31.0 Å². The highest BCUT2D eigenvalue weighted by molar-refractivity contribution is 5.81. The van der Waals surface area contributed by atoms with E-state index in [1.807, 2.05) is 48.2 Å². The molecule has 1 aromatic heterocycles. The summed E-state index contributed by atoms with van der Waals surface area (Å²) >= 11 is 0. The lowest BCUT2D eigenvalue weighted by Gasteiger charge is -2.35. The highest BCUT2D eigenvalue weighted by atomic mass is 16.5. The molecule has 6 heteroatoms. The predicted octanol–water partition coefficient (Wildman–Crippen LogP) is 2.10. The molecule has 0 unspecified atom stereocenters. The molecule has 1 aromatic carbocycles. The Kier molecular flexibility index (Phi) is 5.84. The molecule has 144 valence electrons. The molecule has 0 bridgehead atoms. The maximum atomic E-state index is 12.8. The summed E-state index contributed by atoms with van der Waals surface area (Å²) in [6, 6.07) is 5.98. The van der Waals surface area contributed by atoms with Crippen molar-refractivity contribution < 1.29 is 14.3 Å². The van der Waals surface area contributed by atoms with Crippen molar-refractivity contribution in [3.63, 3.8) is 0 Å². The first-order chi connectivity index (χ1) is 13.0. The van der Waals surface area contributed by atoms with Crippen molar-refractivity contribution in [3.8, 4) is 5.75 Å². The van der Waals surface area contributed by atoms with Crippen molar-refractivity contribution in [2.24, 2.45) is 0 Å². The number of nitrogens with one attached hydrogen (secondary N) is 1. The molecule has 1 fully saturated rings. The van der Waals surface area contributed by atoms with E-state index in [4.69, 9.17) is 4.74 Å². The summed E-state index contributed by atoms with van der Waals surface area (Å²) in [4.78, 5) is 31.8. The Morgan fingerprint density at radius 2 is 1.67 bits per heavy atom. The molecule has 0 radical (unpaired) electrons. The lowest BCUT2D eigenvalue weighted by Crippen LogP contribution is -2.51. The Bertz CT molecular complexity index is 806. The van der Waals surface area contributed by atoms with Gasteiger partial charge in [0, 0.05) is 44.1 Å². The minimum atomic E-state index is 0.0797. The van der Waals surface area contributed by atoms with E-state index in [1.165, 1.54) is 0 Å². The number of amides is 2. The monoisotopic (exact) mass is 369 g/mol. The molecule has 1 aliphatic rings. The van der Waals surface area contributed by atoms with Crippen LogP contribution in [0.4, 0.5) is 0 Å². The first-order valence-corrected chi connectivity index (χ1v) is 9.29. The molecule has 3 rings (SSSR count). The summed E-state index contributed by atoms with van der Waals surface area (Å²) in [6.07, 6.45) is 4.38.